The van der Waals surface area contributed by atoms with Gasteiger partial charge in [0, 0.05) is 10.9 Å². The van der Waals surface area contributed by atoms with Crippen molar-refractivity contribution < 1.29 is 4.39 Å². The SMILES string of the molecule is CCC1CN=C(Nc2cc(Br)c(F)cc2C)S1. The lowest BCUT2D eigenvalue weighted by molar-refractivity contribution is 0.620. The third kappa shape index (κ3) is 3.01. The Hall–Kier alpha value is -0.550. The lowest BCUT2D eigenvalue weighted by Gasteiger charge is -2.10. The molecule has 0 amide bonds. The monoisotopic (exact) mass is 316 g/mol. The molecule has 0 saturated heterocycles. The molecular formula is C12H14BrFN2S. The summed E-state index contributed by atoms with van der Waals surface area (Å²) in [5, 5.41) is 4.76. The fourth-order valence-electron chi connectivity index (χ4n) is 1.59. The summed E-state index contributed by atoms with van der Waals surface area (Å²) in [7, 11) is 0. The van der Waals surface area contributed by atoms with E-state index < -0.39 is 0 Å². The van der Waals surface area contributed by atoms with Crippen LogP contribution in [0.1, 0.15) is 18.9 Å². The first-order chi connectivity index (χ1) is 8.10. The highest BCUT2D eigenvalue weighted by atomic mass is 79.9. The van der Waals surface area contributed by atoms with Crippen LogP contribution in [0.15, 0.2) is 21.6 Å². The average Bonchev–Trinajstić information content (AvgIpc) is 2.73. The zero-order valence-electron chi connectivity index (χ0n) is 9.76. The molecule has 0 radical (unpaired) electrons. The molecule has 1 aliphatic heterocycles. The van der Waals surface area contributed by atoms with E-state index in [0.717, 1.165) is 29.4 Å². The minimum Gasteiger partial charge on any atom is -0.335 e. The van der Waals surface area contributed by atoms with Crippen molar-refractivity contribution in [2.45, 2.75) is 25.5 Å². The highest BCUT2D eigenvalue weighted by molar-refractivity contribution is 9.10. The molecule has 0 fully saturated rings. The molecule has 17 heavy (non-hydrogen) atoms. The second-order valence-electron chi connectivity index (χ2n) is 4.00. The summed E-state index contributed by atoms with van der Waals surface area (Å²) in [6.45, 7) is 4.91. The molecule has 1 aromatic rings. The standard InChI is InChI=1S/C12H14BrFN2S/c1-3-8-6-15-12(17-8)16-11-5-9(13)10(14)4-7(11)2/h4-5,8H,3,6H2,1-2H3,(H,15,16). The van der Waals surface area contributed by atoms with E-state index in [1.807, 2.05) is 6.92 Å². The van der Waals surface area contributed by atoms with Crippen molar-refractivity contribution in [3.8, 4) is 0 Å². The Morgan fingerprint density at radius 1 is 1.59 bits per heavy atom. The Morgan fingerprint density at radius 3 is 3.00 bits per heavy atom. The van der Waals surface area contributed by atoms with Gasteiger partial charge in [0.05, 0.1) is 11.0 Å². The van der Waals surface area contributed by atoms with Crippen LogP contribution in [0.5, 0.6) is 0 Å². The highest BCUT2D eigenvalue weighted by Gasteiger charge is 2.18. The van der Waals surface area contributed by atoms with Gasteiger partial charge < -0.3 is 5.32 Å². The lowest BCUT2D eigenvalue weighted by atomic mass is 10.2. The van der Waals surface area contributed by atoms with E-state index in [1.54, 1.807) is 17.8 Å². The number of aryl methyl sites for hydroxylation is 1. The molecule has 92 valence electrons. The molecule has 1 aromatic carbocycles. The molecule has 1 unspecified atom stereocenters. The Morgan fingerprint density at radius 2 is 2.35 bits per heavy atom. The highest BCUT2D eigenvalue weighted by Crippen LogP contribution is 2.28. The van der Waals surface area contributed by atoms with Crippen LogP contribution >= 0.6 is 27.7 Å². The van der Waals surface area contributed by atoms with Gasteiger partial charge in [0.15, 0.2) is 5.17 Å². The van der Waals surface area contributed by atoms with Crippen LogP contribution in [0.3, 0.4) is 0 Å². The quantitative estimate of drug-likeness (QED) is 0.884. The van der Waals surface area contributed by atoms with Gasteiger partial charge in [-0.3, -0.25) is 4.99 Å². The second kappa shape index (κ2) is 5.40. The number of thioether (sulfide) groups is 1. The maximum absolute atomic E-state index is 13.3. The number of halogens is 2. The maximum Gasteiger partial charge on any atom is 0.161 e. The number of amidine groups is 1. The molecule has 0 aliphatic carbocycles. The van der Waals surface area contributed by atoms with Gasteiger partial charge in [0.2, 0.25) is 0 Å². The van der Waals surface area contributed by atoms with Gasteiger partial charge in [-0.1, -0.05) is 18.7 Å². The van der Waals surface area contributed by atoms with Gasteiger partial charge in [-0.25, -0.2) is 4.39 Å². The van der Waals surface area contributed by atoms with E-state index in [1.165, 1.54) is 6.07 Å². The smallest absolute Gasteiger partial charge is 0.161 e. The molecule has 1 N–H and O–H groups in total. The number of hydrogen-bond acceptors (Lipinski definition) is 3. The fraction of sp³-hybridized carbons (Fsp3) is 0.417. The molecule has 2 rings (SSSR count). The molecule has 2 nitrogen and oxygen atoms in total. The first kappa shape index (κ1) is 12.9. The van der Waals surface area contributed by atoms with Crippen LogP contribution in [0.25, 0.3) is 0 Å². The number of anilines is 1. The van der Waals surface area contributed by atoms with Crippen LogP contribution < -0.4 is 5.32 Å². The van der Waals surface area contributed by atoms with E-state index in [-0.39, 0.29) is 5.82 Å². The van der Waals surface area contributed by atoms with Crippen molar-refractivity contribution in [1.82, 2.24) is 0 Å². The molecule has 0 aromatic heterocycles. The average molecular weight is 317 g/mol. The molecule has 1 atom stereocenters. The Bertz CT molecular complexity index is 462. The minimum atomic E-state index is -0.236. The summed E-state index contributed by atoms with van der Waals surface area (Å²) in [6.07, 6.45) is 1.12. The van der Waals surface area contributed by atoms with Crippen molar-refractivity contribution in [1.29, 1.82) is 0 Å². The van der Waals surface area contributed by atoms with Crippen LogP contribution in [0, 0.1) is 12.7 Å². The van der Waals surface area contributed by atoms with E-state index in [9.17, 15) is 4.39 Å². The van der Waals surface area contributed by atoms with Crippen LogP contribution in [-0.4, -0.2) is 17.0 Å². The van der Waals surface area contributed by atoms with Crippen LogP contribution in [0.4, 0.5) is 10.1 Å². The van der Waals surface area contributed by atoms with E-state index in [2.05, 4.69) is 33.2 Å². The Labute approximate surface area is 113 Å². The fourth-order valence-corrected chi connectivity index (χ4v) is 2.89. The molecular weight excluding hydrogens is 303 g/mol. The molecule has 1 aliphatic rings. The Balaban J connectivity index is 2.12. The zero-order chi connectivity index (χ0) is 12.4. The molecule has 5 heteroatoms. The van der Waals surface area contributed by atoms with Crippen molar-refractivity contribution >= 4 is 38.5 Å². The van der Waals surface area contributed by atoms with Gasteiger partial charge >= 0.3 is 0 Å². The summed E-state index contributed by atoms with van der Waals surface area (Å²) >= 11 is 4.95. The topological polar surface area (TPSA) is 24.4 Å². The predicted molar refractivity (Wildman–Crippen MR) is 76.4 cm³/mol. The zero-order valence-corrected chi connectivity index (χ0v) is 12.2. The summed E-state index contributed by atoms with van der Waals surface area (Å²) < 4.78 is 13.8. The van der Waals surface area contributed by atoms with Crippen molar-refractivity contribution in [2.75, 3.05) is 11.9 Å². The van der Waals surface area contributed by atoms with Gasteiger partial charge in [0.25, 0.3) is 0 Å². The van der Waals surface area contributed by atoms with Gasteiger partial charge in [0.1, 0.15) is 5.82 Å². The Kier molecular flexibility index (Phi) is 4.09. The summed E-state index contributed by atoms with van der Waals surface area (Å²) in [6, 6.07) is 3.27. The van der Waals surface area contributed by atoms with Gasteiger partial charge in [-0.15, -0.1) is 0 Å². The molecule has 0 bridgehead atoms. The number of aliphatic imine (C=N–C) groups is 1. The summed E-state index contributed by atoms with van der Waals surface area (Å²) in [5.41, 5.74) is 1.79. The lowest BCUT2D eigenvalue weighted by Crippen LogP contribution is -2.08. The minimum absolute atomic E-state index is 0.236. The van der Waals surface area contributed by atoms with Crippen molar-refractivity contribution in [3.63, 3.8) is 0 Å². The third-order valence-electron chi connectivity index (χ3n) is 2.68. The van der Waals surface area contributed by atoms with Gasteiger partial charge in [-0.2, -0.15) is 0 Å². The number of hydrogen-bond donors (Lipinski definition) is 1. The predicted octanol–water partition coefficient (Wildman–Crippen LogP) is 4.19. The summed E-state index contributed by atoms with van der Waals surface area (Å²) in [5.74, 6) is -0.236. The van der Waals surface area contributed by atoms with E-state index in [4.69, 9.17) is 0 Å². The number of nitrogens with one attached hydrogen (secondary N) is 1. The number of benzene rings is 1. The largest absolute Gasteiger partial charge is 0.335 e. The van der Waals surface area contributed by atoms with Crippen molar-refractivity contribution in [3.05, 3.63) is 28.0 Å². The van der Waals surface area contributed by atoms with Gasteiger partial charge in [-0.05, 0) is 47.0 Å². The second-order valence-corrected chi connectivity index (χ2v) is 6.14. The van der Waals surface area contributed by atoms with Crippen molar-refractivity contribution in [2.24, 2.45) is 4.99 Å². The van der Waals surface area contributed by atoms with E-state index in [0.29, 0.717) is 9.72 Å². The number of nitrogens with zero attached hydrogens (tertiary/aromatic N) is 1. The number of rotatable bonds is 2. The first-order valence-corrected chi connectivity index (χ1v) is 7.21. The molecule has 1 heterocycles. The summed E-state index contributed by atoms with van der Waals surface area (Å²) in [4.78, 5) is 4.44. The van der Waals surface area contributed by atoms with Crippen LogP contribution in [0.2, 0.25) is 0 Å². The maximum atomic E-state index is 13.3. The normalized spacial score (nSPS) is 19.3. The third-order valence-corrected chi connectivity index (χ3v) is 4.56. The van der Waals surface area contributed by atoms with Crippen LogP contribution in [-0.2, 0) is 0 Å². The molecule has 0 spiro atoms. The van der Waals surface area contributed by atoms with E-state index >= 15 is 0 Å². The first-order valence-electron chi connectivity index (χ1n) is 5.54. The molecule has 0 saturated carbocycles.